The number of carbonyl (C=O) groups is 2. The van der Waals surface area contributed by atoms with Crippen molar-refractivity contribution in [2.75, 3.05) is 16.8 Å². The van der Waals surface area contributed by atoms with E-state index in [-0.39, 0.29) is 17.5 Å². The second-order valence-corrected chi connectivity index (χ2v) is 8.78. The molecule has 3 aromatic rings. The van der Waals surface area contributed by atoms with Crippen LogP contribution in [0.1, 0.15) is 41.2 Å². The first kappa shape index (κ1) is 23.3. The lowest BCUT2D eigenvalue weighted by Crippen LogP contribution is -2.33. The van der Waals surface area contributed by atoms with Crippen molar-refractivity contribution in [1.29, 1.82) is 0 Å². The lowest BCUT2D eigenvalue weighted by atomic mass is 10.0. The molecule has 1 N–H and O–H groups in total. The van der Waals surface area contributed by atoms with Crippen molar-refractivity contribution < 1.29 is 14.3 Å². The lowest BCUT2D eigenvalue weighted by Gasteiger charge is -2.18. The van der Waals surface area contributed by atoms with E-state index in [2.05, 4.69) is 12.2 Å². The van der Waals surface area contributed by atoms with E-state index < -0.39 is 0 Å². The monoisotopic (exact) mass is 454 g/mol. The van der Waals surface area contributed by atoms with Crippen molar-refractivity contribution in [3.63, 3.8) is 0 Å². The fraction of sp³-hybridized carbons (Fsp3) is 0.241. The van der Waals surface area contributed by atoms with Gasteiger partial charge in [-0.1, -0.05) is 37.3 Å². The Labute approximate surface area is 201 Å². The summed E-state index contributed by atoms with van der Waals surface area (Å²) < 4.78 is 5.69. The van der Waals surface area contributed by atoms with Crippen molar-refractivity contribution in [2.45, 2.75) is 41.0 Å². The molecule has 0 saturated heterocycles. The molecule has 0 saturated carbocycles. The maximum Gasteiger partial charge on any atom is 0.282 e. The van der Waals surface area contributed by atoms with Crippen molar-refractivity contribution in [3.8, 4) is 5.75 Å². The molecule has 0 unspecified atom stereocenters. The third kappa shape index (κ3) is 4.46. The summed E-state index contributed by atoms with van der Waals surface area (Å²) in [6.07, 6.45) is 0.911. The van der Waals surface area contributed by atoms with Crippen LogP contribution in [0.5, 0.6) is 5.75 Å². The number of amides is 2. The molecule has 1 aliphatic rings. The van der Waals surface area contributed by atoms with Crippen molar-refractivity contribution >= 4 is 28.8 Å². The molecule has 4 rings (SSSR count). The molecule has 0 aromatic heterocycles. The zero-order valence-corrected chi connectivity index (χ0v) is 20.4. The molecule has 0 fully saturated rings. The molecule has 174 valence electrons. The molecule has 34 heavy (non-hydrogen) atoms. The Bertz CT molecular complexity index is 1290. The van der Waals surface area contributed by atoms with E-state index in [1.165, 1.54) is 4.90 Å². The van der Waals surface area contributed by atoms with Gasteiger partial charge in [0, 0.05) is 5.69 Å². The smallest absolute Gasteiger partial charge is 0.282 e. The standard InChI is InChI=1S/C29H30N2O3/c1-6-15-34-24-13-10-22(11-14-24)26-27(30-23-12-9-19(3)21(5)17-23)29(33)31(28(26)32)25-16-18(2)7-8-20(25)4/h7-14,16-17,30H,6,15H2,1-5H3. The molecule has 0 aliphatic carbocycles. The van der Waals surface area contributed by atoms with Crippen LogP contribution in [-0.2, 0) is 9.59 Å². The van der Waals surface area contributed by atoms with Crippen LogP contribution < -0.4 is 15.0 Å². The number of rotatable bonds is 7. The highest BCUT2D eigenvalue weighted by molar-refractivity contribution is 6.46. The molecule has 5 nitrogen and oxygen atoms in total. The summed E-state index contributed by atoms with van der Waals surface area (Å²) in [6.45, 7) is 10.6. The Kier molecular flexibility index (Phi) is 6.55. The Hall–Kier alpha value is -3.86. The number of nitrogens with zero attached hydrogens (tertiary/aromatic N) is 1. The highest BCUT2D eigenvalue weighted by atomic mass is 16.5. The summed E-state index contributed by atoms with van der Waals surface area (Å²) in [5.41, 5.74) is 6.78. The predicted octanol–water partition coefficient (Wildman–Crippen LogP) is 6.11. The minimum atomic E-state index is -0.363. The Morgan fingerprint density at radius 3 is 2.18 bits per heavy atom. The predicted molar refractivity (Wildman–Crippen MR) is 137 cm³/mol. The molecule has 1 heterocycles. The van der Waals surface area contributed by atoms with Gasteiger partial charge in [-0.15, -0.1) is 0 Å². The molecule has 0 bridgehead atoms. The minimum absolute atomic E-state index is 0.274. The fourth-order valence-electron chi connectivity index (χ4n) is 3.99. The molecule has 2 amide bonds. The molecule has 0 atom stereocenters. The zero-order chi connectivity index (χ0) is 24.4. The molecular formula is C29H30N2O3. The summed E-state index contributed by atoms with van der Waals surface area (Å²) in [4.78, 5) is 28.7. The van der Waals surface area contributed by atoms with Gasteiger partial charge >= 0.3 is 0 Å². The minimum Gasteiger partial charge on any atom is -0.494 e. The fourth-order valence-corrected chi connectivity index (χ4v) is 3.99. The number of hydrogen-bond acceptors (Lipinski definition) is 4. The van der Waals surface area contributed by atoms with E-state index in [0.717, 1.165) is 40.1 Å². The Morgan fingerprint density at radius 2 is 1.50 bits per heavy atom. The summed E-state index contributed by atoms with van der Waals surface area (Å²) in [6, 6.07) is 19.0. The first-order valence-corrected chi connectivity index (χ1v) is 11.6. The number of benzene rings is 3. The largest absolute Gasteiger partial charge is 0.494 e. The first-order valence-electron chi connectivity index (χ1n) is 11.6. The summed E-state index contributed by atoms with van der Waals surface area (Å²) in [7, 11) is 0. The third-order valence-corrected chi connectivity index (χ3v) is 6.08. The SMILES string of the molecule is CCCOc1ccc(C2=C(Nc3ccc(C)c(C)c3)C(=O)N(c3cc(C)ccc3C)C2=O)cc1. The van der Waals surface area contributed by atoms with E-state index >= 15 is 0 Å². The third-order valence-electron chi connectivity index (χ3n) is 6.08. The summed E-state index contributed by atoms with van der Waals surface area (Å²) in [5.74, 6) is 0.0310. The van der Waals surface area contributed by atoms with E-state index in [0.29, 0.717) is 23.4 Å². The number of aryl methyl sites for hydroxylation is 4. The Morgan fingerprint density at radius 1 is 0.794 bits per heavy atom. The van der Waals surface area contributed by atoms with Crippen LogP contribution in [0.25, 0.3) is 5.57 Å². The molecule has 1 aliphatic heterocycles. The zero-order valence-electron chi connectivity index (χ0n) is 20.4. The van der Waals surface area contributed by atoms with Gasteiger partial charge in [0.15, 0.2) is 0 Å². The highest BCUT2D eigenvalue weighted by Crippen LogP contribution is 2.36. The van der Waals surface area contributed by atoms with Crippen molar-refractivity contribution in [2.24, 2.45) is 0 Å². The van der Waals surface area contributed by atoms with Crippen LogP contribution in [0.4, 0.5) is 11.4 Å². The number of imide groups is 1. The van der Waals surface area contributed by atoms with Crippen LogP contribution in [-0.4, -0.2) is 18.4 Å². The van der Waals surface area contributed by atoms with Gasteiger partial charge in [-0.2, -0.15) is 0 Å². The second kappa shape index (κ2) is 9.56. The van der Waals surface area contributed by atoms with Gasteiger partial charge in [0.25, 0.3) is 11.8 Å². The number of ether oxygens (including phenoxy) is 1. The average Bonchev–Trinajstić information content (AvgIpc) is 3.06. The van der Waals surface area contributed by atoms with E-state index in [9.17, 15) is 9.59 Å². The van der Waals surface area contributed by atoms with Crippen LogP contribution in [0.2, 0.25) is 0 Å². The number of carbonyl (C=O) groups excluding carboxylic acids is 2. The van der Waals surface area contributed by atoms with Gasteiger partial charge in [0.1, 0.15) is 11.4 Å². The van der Waals surface area contributed by atoms with Crippen molar-refractivity contribution in [3.05, 3.63) is 94.2 Å². The van der Waals surface area contributed by atoms with Crippen LogP contribution in [0.15, 0.2) is 66.4 Å². The topological polar surface area (TPSA) is 58.6 Å². The van der Waals surface area contributed by atoms with Gasteiger partial charge in [-0.3, -0.25) is 9.59 Å². The Balaban J connectivity index is 1.80. The maximum atomic E-state index is 13.7. The summed E-state index contributed by atoms with van der Waals surface area (Å²) >= 11 is 0. The summed E-state index contributed by atoms with van der Waals surface area (Å²) in [5, 5.41) is 3.26. The number of nitrogens with one attached hydrogen (secondary N) is 1. The normalized spacial score (nSPS) is 13.6. The molecule has 0 radical (unpaired) electrons. The van der Waals surface area contributed by atoms with E-state index in [1.807, 2.05) is 88.4 Å². The maximum absolute atomic E-state index is 13.7. The van der Waals surface area contributed by atoms with Crippen molar-refractivity contribution in [1.82, 2.24) is 0 Å². The molecular weight excluding hydrogens is 424 g/mol. The van der Waals surface area contributed by atoms with Crippen LogP contribution >= 0.6 is 0 Å². The second-order valence-electron chi connectivity index (χ2n) is 8.78. The lowest BCUT2D eigenvalue weighted by molar-refractivity contribution is -0.120. The van der Waals surface area contributed by atoms with E-state index in [4.69, 9.17) is 4.74 Å². The van der Waals surface area contributed by atoms with Gasteiger partial charge in [-0.05, 0) is 92.3 Å². The van der Waals surface area contributed by atoms with Gasteiger partial charge in [0.05, 0.1) is 17.9 Å². The molecule has 3 aromatic carbocycles. The van der Waals surface area contributed by atoms with Gasteiger partial charge < -0.3 is 10.1 Å². The van der Waals surface area contributed by atoms with Gasteiger partial charge in [0.2, 0.25) is 0 Å². The van der Waals surface area contributed by atoms with Gasteiger partial charge in [-0.25, -0.2) is 4.90 Å². The number of hydrogen-bond donors (Lipinski definition) is 1. The average molecular weight is 455 g/mol. The highest BCUT2D eigenvalue weighted by Gasteiger charge is 2.40. The molecule has 5 heteroatoms. The van der Waals surface area contributed by atoms with Crippen LogP contribution in [0, 0.1) is 27.7 Å². The first-order chi connectivity index (χ1) is 16.3. The van der Waals surface area contributed by atoms with E-state index in [1.54, 1.807) is 0 Å². The number of anilines is 2. The molecule has 0 spiro atoms. The quantitative estimate of drug-likeness (QED) is 0.438. The van der Waals surface area contributed by atoms with Crippen LogP contribution in [0.3, 0.4) is 0 Å².